The molecule has 3 heteroatoms. The largest absolute Gasteiger partial charge is 0.271 e. The molecule has 0 radical (unpaired) electrons. The summed E-state index contributed by atoms with van der Waals surface area (Å²) < 4.78 is 1.86. The summed E-state index contributed by atoms with van der Waals surface area (Å²) in [5.74, 6) is 0. The summed E-state index contributed by atoms with van der Waals surface area (Å²) in [4.78, 5) is 0. The smallest absolute Gasteiger partial charge is 0.196 e. The van der Waals surface area contributed by atoms with Gasteiger partial charge in [0.05, 0.1) is 6.54 Å². The van der Waals surface area contributed by atoms with Gasteiger partial charge < -0.3 is 0 Å². The molecule has 0 spiro atoms. The molecule has 2 nitrogen and oxygen atoms in total. The number of nitriles is 1. The van der Waals surface area contributed by atoms with Crippen LogP contribution in [-0.4, -0.2) is 6.54 Å². The minimum Gasteiger partial charge on any atom is -0.271 e. The predicted octanol–water partition coefficient (Wildman–Crippen LogP) is -0.301. The van der Waals surface area contributed by atoms with Crippen molar-refractivity contribution in [2.24, 2.45) is 0 Å². The highest BCUT2D eigenvalue weighted by molar-refractivity contribution is 7.97. The van der Waals surface area contributed by atoms with Crippen molar-refractivity contribution < 1.29 is 4.72 Å². The van der Waals surface area contributed by atoms with Crippen LogP contribution in [0.15, 0.2) is 0 Å². The highest BCUT2D eigenvalue weighted by Crippen LogP contribution is 1.68. The summed E-state index contributed by atoms with van der Waals surface area (Å²) in [6.07, 6.45) is 0. The van der Waals surface area contributed by atoms with Crippen LogP contribution in [-0.2, 0) is 0 Å². The highest BCUT2D eigenvalue weighted by atomic mass is 32.2. The first-order valence-electron chi connectivity index (χ1n) is 1.78. The Labute approximate surface area is 41.7 Å². The van der Waals surface area contributed by atoms with E-state index in [9.17, 15) is 0 Å². The molecule has 0 amide bonds. The van der Waals surface area contributed by atoms with Crippen molar-refractivity contribution in [2.75, 3.05) is 6.54 Å². The molecule has 0 fully saturated rings. The first kappa shape index (κ1) is 5.80. The standard InChI is InChI=1S/C3H6N2S/c1-2-5-6-3-4/h5H,2H2,1H3/p+1. The monoisotopic (exact) mass is 103 g/mol. The maximum atomic E-state index is 7.88. The molecule has 0 aliphatic rings. The summed E-state index contributed by atoms with van der Waals surface area (Å²) in [5, 5.41) is 9.81. The number of hydrogen-bond donors (Lipinski definition) is 1. The van der Waals surface area contributed by atoms with Crippen LogP contribution in [0, 0.1) is 10.7 Å². The number of quaternary nitrogens is 1. The second-order valence-corrected chi connectivity index (χ2v) is 1.54. The Morgan fingerprint density at radius 3 is 2.83 bits per heavy atom. The highest BCUT2D eigenvalue weighted by Gasteiger charge is 1.77. The average molecular weight is 103 g/mol. The third kappa shape index (κ3) is 3.80. The molecule has 0 rings (SSSR count). The van der Waals surface area contributed by atoms with Gasteiger partial charge in [0.1, 0.15) is 0 Å². The lowest BCUT2D eigenvalue weighted by Crippen LogP contribution is -2.74. The van der Waals surface area contributed by atoms with E-state index in [1.54, 1.807) is 0 Å². The number of nitrogens with zero attached hydrogens (tertiary/aromatic N) is 1. The first-order chi connectivity index (χ1) is 2.91. The molecule has 2 N–H and O–H groups in total. The van der Waals surface area contributed by atoms with Crippen LogP contribution >= 0.6 is 11.9 Å². The number of nitrogens with two attached hydrogens (primary N) is 1. The Morgan fingerprint density at radius 2 is 2.67 bits per heavy atom. The fourth-order valence-electron chi connectivity index (χ4n) is 0.121. The van der Waals surface area contributed by atoms with Crippen LogP contribution in [0.1, 0.15) is 6.92 Å². The Kier molecular flexibility index (Phi) is 4.64. The van der Waals surface area contributed by atoms with Crippen LogP contribution in [0.4, 0.5) is 0 Å². The van der Waals surface area contributed by atoms with E-state index < -0.39 is 0 Å². The molecule has 0 heterocycles. The number of rotatable bonds is 2. The Bertz CT molecular complexity index is 56.3. The quantitative estimate of drug-likeness (QED) is 0.296. The van der Waals surface area contributed by atoms with Crippen LogP contribution in [0.5, 0.6) is 0 Å². The van der Waals surface area contributed by atoms with Crippen molar-refractivity contribution in [2.45, 2.75) is 6.92 Å². The lowest BCUT2D eigenvalue weighted by atomic mass is 10.8. The van der Waals surface area contributed by atoms with E-state index >= 15 is 0 Å². The van der Waals surface area contributed by atoms with E-state index in [4.69, 9.17) is 5.26 Å². The third-order valence-electron chi connectivity index (χ3n) is 0.303. The third-order valence-corrected chi connectivity index (χ3v) is 0.908. The van der Waals surface area contributed by atoms with Gasteiger partial charge in [-0.2, -0.15) is 5.26 Å². The summed E-state index contributed by atoms with van der Waals surface area (Å²) in [6, 6.07) is 0. The van der Waals surface area contributed by atoms with Crippen molar-refractivity contribution in [3.05, 3.63) is 0 Å². The second kappa shape index (κ2) is 4.80. The minimum atomic E-state index is 0.970. The van der Waals surface area contributed by atoms with E-state index in [0.717, 1.165) is 6.54 Å². The van der Waals surface area contributed by atoms with Gasteiger partial charge in [0.2, 0.25) is 0 Å². The number of hydrogen-bond acceptors (Lipinski definition) is 2. The zero-order valence-electron chi connectivity index (χ0n) is 3.64. The van der Waals surface area contributed by atoms with Crippen LogP contribution in [0.2, 0.25) is 0 Å². The van der Waals surface area contributed by atoms with Crippen LogP contribution < -0.4 is 4.72 Å². The van der Waals surface area contributed by atoms with Crippen molar-refractivity contribution in [1.29, 1.82) is 5.26 Å². The maximum Gasteiger partial charge on any atom is 0.196 e. The van der Waals surface area contributed by atoms with E-state index in [1.807, 2.05) is 17.0 Å². The SMILES string of the molecule is CC[NH2+]SC#N. The molecule has 0 aliphatic heterocycles. The van der Waals surface area contributed by atoms with Gasteiger partial charge in [-0.15, -0.1) is 0 Å². The van der Waals surface area contributed by atoms with E-state index in [0.29, 0.717) is 0 Å². The van der Waals surface area contributed by atoms with Gasteiger partial charge in [0.25, 0.3) is 0 Å². The Balaban J connectivity index is 2.54. The fraction of sp³-hybridized carbons (Fsp3) is 0.667. The van der Waals surface area contributed by atoms with Crippen LogP contribution in [0.25, 0.3) is 0 Å². The summed E-state index contributed by atoms with van der Waals surface area (Å²) in [5.41, 5.74) is 0. The molecular formula is C3H7N2S+. The van der Waals surface area contributed by atoms with Gasteiger partial charge in [-0.25, -0.2) is 0 Å². The van der Waals surface area contributed by atoms with Crippen molar-refractivity contribution in [3.63, 3.8) is 0 Å². The molecule has 34 valence electrons. The van der Waals surface area contributed by atoms with E-state index in [-0.39, 0.29) is 0 Å². The molecule has 0 aromatic heterocycles. The Hall–Kier alpha value is -0.200. The molecule has 0 atom stereocenters. The predicted molar refractivity (Wildman–Crippen MR) is 25.7 cm³/mol. The Morgan fingerprint density at radius 1 is 2.00 bits per heavy atom. The average Bonchev–Trinajstić information content (AvgIpc) is 1.61. The lowest BCUT2D eigenvalue weighted by molar-refractivity contribution is -0.473. The molecule has 0 saturated carbocycles. The molecule has 0 unspecified atom stereocenters. The lowest BCUT2D eigenvalue weighted by Gasteiger charge is -1.77. The van der Waals surface area contributed by atoms with Gasteiger partial charge in [0, 0.05) is 0 Å². The van der Waals surface area contributed by atoms with E-state index in [2.05, 4.69) is 0 Å². The van der Waals surface area contributed by atoms with Crippen molar-refractivity contribution in [1.82, 2.24) is 0 Å². The van der Waals surface area contributed by atoms with Crippen molar-refractivity contribution in [3.8, 4) is 5.40 Å². The van der Waals surface area contributed by atoms with Gasteiger partial charge in [-0.05, 0) is 6.92 Å². The zero-order valence-corrected chi connectivity index (χ0v) is 4.46. The van der Waals surface area contributed by atoms with Gasteiger partial charge in [-0.1, -0.05) is 0 Å². The summed E-state index contributed by atoms with van der Waals surface area (Å²) in [6.45, 7) is 2.97. The molecule has 0 saturated heterocycles. The first-order valence-corrected chi connectivity index (χ1v) is 2.66. The van der Waals surface area contributed by atoms with Gasteiger partial charge >= 0.3 is 0 Å². The molecule has 0 aromatic carbocycles. The maximum absolute atomic E-state index is 7.88. The number of thiocyanates is 1. The molecule has 6 heavy (non-hydrogen) atoms. The molecule has 0 aliphatic carbocycles. The topological polar surface area (TPSA) is 40.4 Å². The van der Waals surface area contributed by atoms with Gasteiger partial charge in [-0.3, -0.25) is 4.72 Å². The van der Waals surface area contributed by atoms with Gasteiger partial charge in [0.15, 0.2) is 17.3 Å². The fourth-order valence-corrected chi connectivity index (χ4v) is 0.362. The molecule has 0 aromatic rings. The summed E-state index contributed by atoms with van der Waals surface area (Å²) in [7, 11) is 0. The molecular weight excluding hydrogens is 96.1 g/mol. The summed E-state index contributed by atoms with van der Waals surface area (Å²) >= 11 is 1.19. The zero-order chi connectivity index (χ0) is 4.83. The molecule has 0 bridgehead atoms. The normalized spacial score (nSPS) is 7.33. The van der Waals surface area contributed by atoms with Crippen LogP contribution in [0.3, 0.4) is 0 Å². The minimum absolute atomic E-state index is 0.970. The van der Waals surface area contributed by atoms with E-state index in [1.165, 1.54) is 11.9 Å². The van der Waals surface area contributed by atoms with Crippen molar-refractivity contribution >= 4 is 11.9 Å². The second-order valence-electron chi connectivity index (χ2n) is 0.784.